The second-order valence-electron chi connectivity index (χ2n) is 5.55. The number of benzene rings is 1. The minimum atomic E-state index is -0.321. The zero-order valence-corrected chi connectivity index (χ0v) is 10.4. The van der Waals surface area contributed by atoms with Crippen LogP contribution >= 0.6 is 0 Å². The highest BCUT2D eigenvalue weighted by Crippen LogP contribution is 2.40. The first-order valence-electron chi connectivity index (χ1n) is 6.82. The molecule has 0 spiro atoms. The first kappa shape index (κ1) is 11.1. The van der Waals surface area contributed by atoms with Crippen LogP contribution < -0.4 is 4.90 Å². The van der Waals surface area contributed by atoms with E-state index in [0.717, 1.165) is 25.7 Å². The van der Waals surface area contributed by atoms with E-state index in [0.29, 0.717) is 0 Å². The predicted molar refractivity (Wildman–Crippen MR) is 70.4 cm³/mol. The topological polar surface area (TPSA) is 23.5 Å². The molecule has 0 amide bonds. The molecule has 92 valence electrons. The van der Waals surface area contributed by atoms with Gasteiger partial charge in [0.1, 0.15) is 0 Å². The van der Waals surface area contributed by atoms with Crippen molar-refractivity contribution in [1.29, 1.82) is 0 Å². The Kier molecular flexibility index (Phi) is 2.83. The Labute approximate surface area is 103 Å². The third-order valence-corrected chi connectivity index (χ3v) is 4.13. The van der Waals surface area contributed by atoms with Crippen LogP contribution in [-0.4, -0.2) is 23.8 Å². The third-order valence-electron chi connectivity index (χ3n) is 4.13. The van der Waals surface area contributed by atoms with Crippen molar-refractivity contribution in [2.75, 3.05) is 18.0 Å². The quantitative estimate of drug-likeness (QED) is 0.861. The maximum Gasteiger partial charge on any atom is 0.0653 e. The summed E-state index contributed by atoms with van der Waals surface area (Å²) >= 11 is 0. The van der Waals surface area contributed by atoms with Crippen LogP contribution in [-0.2, 0) is 6.42 Å². The molecule has 1 saturated heterocycles. The molecule has 17 heavy (non-hydrogen) atoms. The van der Waals surface area contributed by atoms with Crippen molar-refractivity contribution in [1.82, 2.24) is 0 Å². The van der Waals surface area contributed by atoms with E-state index in [9.17, 15) is 5.11 Å². The number of para-hydroxylation sites is 1. The minimum Gasteiger partial charge on any atom is -0.390 e. The summed E-state index contributed by atoms with van der Waals surface area (Å²) in [6.45, 7) is 2.39. The first-order chi connectivity index (χ1) is 8.27. The molecule has 3 rings (SSSR count). The van der Waals surface area contributed by atoms with E-state index in [4.69, 9.17) is 0 Å². The molecule has 1 N–H and O–H groups in total. The number of nitrogens with zero attached hydrogens (tertiary/aromatic N) is 1. The summed E-state index contributed by atoms with van der Waals surface area (Å²) in [7, 11) is 0. The normalized spacial score (nSPS) is 21.8. The smallest absolute Gasteiger partial charge is 0.0653 e. The lowest BCUT2D eigenvalue weighted by Crippen LogP contribution is -2.19. The molecule has 1 aromatic carbocycles. The van der Waals surface area contributed by atoms with Crippen LogP contribution in [0, 0.1) is 0 Å². The zero-order chi connectivity index (χ0) is 11.7. The van der Waals surface area contributed by atoms with Crippen molar-refractivity contribution >= 4 is 5.69 Å². The SMILES string of the molecule is OC1(CCc2ccccc2N2CCCC2)CC1. The Morgan fingerprint density at radius 2 is 1.82 bits per heavy atom. The Balaban J connectivity index is 1.73. The van der Waals surface area contributed by atoms with Crippen molar-refractivity contribution in [3.8, 4) is 0 Å². The molecule has 1 aliphatic carbocycles. The van der Waals surface area contributed by atoms with E-state index in [1.54, 1.807) is 0 Å². The molecule has 0 unspecified atom stereocenters. The van der Waals surface area contributed by atoms with Gasteiger partial charge in [0.05, 0.1) is 5.60 Å². The van der Waals surface area contributed by atoms with Crippen LogP contribution in [0.2, 0.25) is 0 Å². The van der Waals surface area contributed by atoms with Crippen LogP contribution in [0.1, 0.15) is 37.7 Å². The van der Waals surface area contributed by atoms with Crippen LogP contribution in [0.3, 0.4) is 0 Å². The predicted octanol–water partition coefficient (Wildman–Crippen LogP) is 2.74. The van der Waals surface area contributed by atoms with Gasteiger partial charge < -0.3 is 10.0 Å². The fourth-order valence-corrected chi connectivity index (χ4v) is 2.75. The minimum absolute atomic E-state index is 0.321. The van der Waals surface area contributed by atoms with Gasteiger partial charge in [-0.15, -0.1) is 0 Å². The molecule has 0 radical (unpaired) electrons. The number of rotatable bonds is 4. The zero-order valence-electron chi connectivity index (χ0n) is 10.4. The second-order valence-corrected chi connectivity index (χ2v) is 5.55. The number of anilines is 1. The van der Waals surface area contributed by atoms with Gasteiger partial charge in [0, 0.05) is 18.8 Å². The summed E-state index contributed by atoms with van der Waals surface area (Å²) in [5.41, 5.74) is 2.49. The van der Waals surface area contributed by atoms with Crippen LogP contribution in [0.25, 0.3) is 0 Å². The number of hydrogen-bond acceptors (Lipinski definition) is 2. The molecule has 1 heterocycles. The summed E-state index contributed by atoms with van der Waals surface area (Å²) < 4.78 is 0. The van der Waals surface area contributed by atoms with Gasteiger partial charge in [0.15, 0.2) is 0 Å². The number of hydrogen-bond donors (Lipinski definition) is 1. The van der Waals surface area contributed by atoms with Crippen molar-refractivity contribution in [2.45, 2.75) is 44.1 Å². The summed E-state index contributed by atoms with van der Waals surface area (Å²) in [4.78, 5) is 2.49. The lowest BCUT2D eigenvalue weighted by Gasteiger charge is -2.21. The second kappa shape index (κ2) is 4.34. The standard InChI is InChI=1S/C15H21NO/c17-15(9-10-15)8-7-13-5-1-2-6-14(13)16-11-3-4-12-16/h1-2,5-6,17H,3-4,7-12H2. The summed E-state index contributed by atoms with van der Waals surface area (Å²) in [5.74, 6) is 0. The molecule has 0 aromatic heterocycles. The molecule has 1 saturated carbocycles. The Hall–Kier alpha value is -1.02. The van der Waals surface area contributed by atoms with E-state index >= 15 is 0 Å². The maximum atomic E-state index is 9.93. The molecule has 2 fully saturated rings. The lowest BCUT2D eigenvalue weighted by atomic mass is 10.0. The molecule has 0 bridgehead atoms. The molecular formula is C15H21NO. The highest BCUT2D eigenvalue weighted by molar-refractivity contribution is 5.54. The molecule has 2 aliphatic rings. The van der Waals surface area contributed by atoms with Crippen molar-refractivity contribution in [2.24, 2.45) is 0 Å². The van der Waals surface area contributed by atoms with Crippen LogP contribution in [0.15, 0.2) is 24.3 Å². The molecule has 1 aromatic rings. The maximum absolute atomic E-state index is 9.93. The van der Waals surface area contributed by atoms with Crippen molar-refractivity contribution in [3.63, 3.8) is 0 Å². The van der Waals surface area contributed by atoms with Crippen molar-refractivity contribution in [3.05, 3.63) is 29.8 Å². The van der Waals surface area contributed by atoms with E-state index in [2.05, 4.69) is 29.2 Å². The van der Waals surface area contributed by atoms with E-state index in [1.807, 2.05) is 0 Å². The van der Waals surface area contributed by atoms with Gasteiger partial charge in [-0.2, -0.15) is 0 Å². The average molecular weight is 231 g/mol. The fourth-order valence-electron chi connectivity index (χ4n) is 2.75. The first-order valence-corrected chi connectivity index (χ1v) is 6.82. The van der Waals surface area contributed by atoms with Gasteiger partial charge in [-0.05, 0) is 50.2 Å². The Bertz CT molecular complexity index is 392. The van der Waals surface area contributed by atoms with E-state index in [1.165, 1.54) is 37.2 Å². The molecular weight excluding hydrogens is 210 g/mol. The largest absolute Gasteiger partial charge is 0.390 e. The van der Waals surface area contributed by atoms with Gasteiger partial charge in [-0.1, -0.05) is 18.2 Å². The molecule has 2 heteroatoms. The highest BCUT2D eigenvalue weighted by Gasteiger charge is 2.39. The van der Waals surface area contributed by atoms with Crippen LogP contribution in [0.4, 0.5) is 5.69 Å². The Morgan fingerprint density at radius 1 is 1.12 bits per heavy atom. The number of aliphatic hydroxyl groups is 1. The molecule has 0 atom stereocenters. The van der Waals surface area contributed by atoms with Crippen LogP contribution in [0.5, 0.6) is 0 Å². The Morgan fingerprint density at radius 3 is 2.53 bits per heavy atom. The van der Waals surface area contributed by atoms with E-state index in [-0.39, 0.29) is 5.60 Å². The van der Waals surface area contributed by atoms with Gasteiger partial charge in [-0.3, -0.25) is 0 Å². The number of aryl methyl sites for hydroxylation is 1. The average Bonchev–Trinajstić information content (AvgIpc) is 2.88. The fraction of sp³-hybridized carbons (Fsp3) is 0.600. The summed E-state index contributed by atoms with van der Waals surface area (Å²) in [6, 6.07) is 8.70. The third kappa shape index (κ3) is 2.47. The molecule has 1 aliphatic heterocycles. The van der Waals surface area contributed by atoms with Gasteiger partial charge in [-0.25, -0.2) is 0 Å². The van der Waals surface area contributed by atoms with Gasteiger partial charge in [0.2, 0.25) is 0 Å². The monoisotopic (exact) mass is 231 g/mol. The van der Waals surface area contributed by atoms with E-state index < -0.39 is 0 Å². The lowest BCUT2D eigenvalue weighted by molar-refractivity contribution is 0.140. The van der Waals surface area contributed by atoms with Crippen molar-refractivity contribution < 1.29 is 5.11 Å². The summed E-state index contributed by atoms with van der Waals surface area (Å²) in [5, 5.41) is 9.93. The summed E-state index contributed by atoms with van der Waals surface area (Å²) in [6.07, 6.45) is 6.58. The van der Waals surface area contributed by atoms with Gasteiger partial charge in [0.25, 0.3) is 0 Å². The molecule has 2 nitrogen and oxygen atoms in total. The van der Waals surface area contributed by atoms with Gasteiger partial charge >= 0.3 is 0 Å². The highest BCUT2D eigenvalue weighted by atomic mass is 16.3.